The average Bonchev–Trinajstić information content (AvgIpc) is 2.54. The van der Waals surface area contributed by atoms with Crippen LogP contribution in [0.3, 0.4) is 0 Å². The summed E-state index contributed by atoms with van der Waals surface area (Å²) in [5.41, 5.74) is 2.28. The number of fused-ring (bicyclic) bond motifs is 1. The summed E-state index contributed by atoms with van der Waals surface area (Å²) in [4.78, 5) is 26.0. The van der Waals surface area contributed by atoms with E-state index in [0.717, 1.165) is 5.56 Å². The molecule has 0 radical (unpaired) electrons. The van der Waals surface area contributed by atoms with Crippen LogP contribution in [0.15, 0.2) is 48.5 Å². The first kappa shape index (κ1) is 14.3. The van der Waals surface area contributed by atoms with Crippen molar-refractivity contribution in [1.82, 2.24) is 0 Å². The number of amides is 1. The van der Waals surface area contributed by atoms with Gasteiger partial charge in [0.1, 0.15) is 5.75 Å². The van der Waals surface area contributed by atoms with Crippen molar-refractivity contribution in [2.24, 2.45) is 0 Å². The molecule has 4 heteroatoms. The minimum atomic E-state index is -0.136. The van der Waals surface area contributed by atoms with Crippen LogP contribution < -0.4 is 9.64 Å². The summed E-state index contributed by atoms with van der Waals surface area (Å²) in [6.07, 6.45) is 0.354. The van der Waals surface area contributed by atoms with Gasteiger partial charge in [-0.15, -0.1) is 0 Å². The fraction of sp³-hybridized carbons (Fsp3) is 0.222. The largest absolute Gasteiger partial charge is 0.483 e. The third-order valence-corrected chi connectivity index (χ3v) is 3.80. The Morgan fingerprint density at radius 1 is 1.14 bits per heavy atom. The van der Waals surface area contributed by atoms with Crippen molar-refractivity contribution in [3.05, 3.63) is 59.7 Å². The highest BCUT2D eigenvalue weighted by Gasteiger charge is 2.26. The fourth-order valence-electron chi connectivity index (χ4n) is 2.61. The van der Waals surface area contributed by atoms with E-state index in [-0.39, 0.29) is 18.3 Å². The summed E-state index contributed by atoms with van der Waals surface area (Å²) < 4.78 is 5.62. The number of benzene rings is 2. The van der Waals surface area contributed by atoms with Crippen LogP contribution in [0.5, 0.6) is 5.75 Å². The van der Waals surface area contributed by atoms with Crippen molar-refractivity contribution in [2.75, 3.05) is 18.1 Å². The minimum absolute atomic E-state index is 0.0343. The van der Waals surface area contributed by atoms with Crippen LogP contribution in [0.4, 0.5) is 5.69 Å². The molecule has 1 aliphatic rings. The second-order valence-corrected chi connectivity index (χ2v) is 5.29. The van der Waals surface area contributed by atoms with Crippen molar-refractivity contribution in [3.8, 4) is 5.75 Å². The second-order valence-electron chi connectivity index (χ2n) is 5.29. The summed E-state index contributed by atoms with van der Waals surface area (Å²) in [7, 11) is 0. The van der Waals surface area contributed by atoms with Gasteiger partial charge in [-0.05, 0) is 30.7 Å². The molecule has 2 aromatic rings. The number of para-hydroxylation sites is 2. The molecule has 0 unspecified atom stereocenters. The molecule has 0 aliphatic carbocycles. The van der Waals surface area contributed by atoms with Gasteiger partial charge in [-0.3, -0.25) is 9.59 Å². The van der Waals surface area contributed by atoms with E-state index < -0.39 is 0 Å². The first-order valence-electron chi connectivity index (χ1n) is 7.28. The minimum Gasteiger partial charge on any atom is -0.483 e. The van der Waals surface area contributed by atoms with Gasteiger partial charge in [0.15, 0.2) is 12.4 Å². The number of carbonyl (C=O) groups is 2. The SMILES string of the molecule is Cc1ccccc1OCC(=O)N1CCC(=O)c2ccccc21. The number of Topliss-reactive ketones (excluding diaryl/α,β-unsaturated/α-hetero) is 1. The first-order valence-corrected chi connectivity index (χ1v) is 7.28. The number of ether oxygens (including phenoxy) is 1. The molecule has 1 amide bonds. The standard InChI is InChI=1S/C18H17NO3/c1-13-6-2-5-9-17(13)22-12-18(21)19-11-10-16(20)14-7-3-4-8-15(14)19/h2-9H,10-12H2,1H3. The van der Waals surface area contributed by atoms with Crippen molar-refractivity contribution in [1.29, 1.82) is 0 Å². The topological polar surface area (TPSA) is 46.6 Å². The van der Waals surface area contributed by atoms with E-state index in [1.54, 1.807) is 17.0 Å². The number of nitrogens with zero attached hydrogens (tertiary/aromatic N) is 1. The Bertz CT molecular complexity index is 724. The van der Waals surface area contributed by atoms with E-state index in [1.165, 1.54) is 0 Å². The molecule has 0 atom stereocenters. The molecule has 22 heavy (non-hydrogen) atoms. The molecule has 112 valence electrons. The van der Waals surface area contributed by atoms with Gasteiger partial charge in [0.2, 0.25) is 0 Å². The number of hydrogen-bond acceptors (Lipinski definition) is 3. The monoisotopic (exact) mass is 295 g/mol. The molecule has 0 N–H and O–H groups in total. The molecule has 0 spiro atoms. The molecule has 0 saturated heterocycles. The van der Waals surface area contributed by atoms with Crippen LogP contribution in [0, 0.1) is 6.92 Å². The second kappa shape index (κ2) is 6.02. The Morgan fingerprint density at radius 2 is 1.86 bits per heavy atom. The lowest BCUT2D eigenvalue weighted by Gasteiger charge is -2.28. The third-order valence-electron chi connectivity index (χ3n) is 3.80. The van der Waals surface area contributed by atoms with Gasteiger partial charge in [0, 0.05) is 18.5 Å². The Morgan fingerprint density at radius 3 is 2.68 bits per heavy atom. The zero-order chi connectivity index (χ0) is 15.5. The van der Waals surface area contributed by atoms with Crippen LogP contribution in [-0.2, 0) is 4.79 Å². The molecule has 1 aliphatic heterocycles. The van der Waals surface area contributed by atoms with Crippen molar-refractivity contribution >= 4 is 17.4 Å². The zero-order valence-electron chi connectivity index (χ0n) is 12.4. The third kappa shape index (κ3) is 2.72. The number of carbonyl (C=O) groups excluding carboxylic acids is 2. The van der Waals surface area contributed by atoms with Gasteiger partial charge in [-0.25, -0.2) is 0 Å². The summed E-state index contributed by atoms with van der Waals surface area (Å²) >= 11 is 0. The van der Waals surface area contributed by atoms with Gasteiger partial charge >= 0.3 is 0 Å². The molecule has 4 nitrogen and oxygen atoms in total. The van der Waals surface area contributed by atoms with E-state index in [0.29, 0.717) is 30.0 Å². The van der Waals surface area contributed by atoms with Crippen LogP contribution in [0.2, 0.25) is 0 Å². The lowest BCUT2D eigenvalue weighted by atomic mass is 10.0. The molecular formula is C18H17NO3. The maximum absolute atomic E-state index is 12.4. The number of aryl methyl sites for hydroxylation is 1. The molecule has 0 fully saturated rings. The maximum atomic E-state index is 12.4. The summed E-state index contributed by atoms with van der Waals surface area (Å²) in [6, 6.07) is 14.8. The van der Waals surface area contributed by atoms with Crippen LogP contribution in [0.1, 0.15) is 22.3 Å². The van der Waals surface area contributed by atoms with Gasteiger partial charge < -0.3 is 9.64 Å². The van der Waals surface area contributed by atoms with Gasteiger partial charge in [-0.2, -0.15) is 0 Å². The highest BCUT2D eigenvalue weighted by Crippen LogP contribution is 2.27. The fourth-order valence-corrected chi connectivity index (χ4v) is 2.61. The average molecular weight is 295 g/mol. The Labute approximate surface area is 129 Å². The molecule has 2 aromatic carbocycles. The van der Waals surface area contributed by atoms with E-state index in [9.17, 15) is 9.59 Å². The van der Waals surface area contributed by atoms with Crippen molar-refractivity contribution < 1.29 is 14.3 Å². The number of hydrogen-bond donors (Lipinski definition) is 0. The van der Waals surface area contributed by atoms with Gasteiger partial charge in [-0.1, -0.05) is 30.3 Å². The number of ketones is 1. The van der Waals surface area contributed by atoms with Crippen molar-refractivity contribution in [3.63, 3.8) is 0 Å². The molecule has 0 saturated carbocycles. The van der Waals surface area contributed by atoms with Crippen LogP contribution >= 0.6 is 0 Å². The quantitative estimate of drug-likeness (QED) is 0.874. The molecule has 0 aromatic heterocycles. The predicted molar refractivity (Wildman–Crippen MR) is 84.4 cm³/mol. The first-order chi connectivity index (χ1) is 10.7. The zero-order valence-corrected chi connectivity index (χ0v) is 12.4. The normalized spacial score (nSPS) is 13.7. The summed E-state index contributed by atoms with van der Waals surface area (Å²) in [5.74, 6) is 0.653. The Kier molecular flexibility index (Phi) is 3.92. The lowest BCUT2D eigenvalue weighted by molar-refractivity contribution is -0.120. The number of anilines is 1. The molecule has 3 rings (SSSR count). The molecular weight excluding hydrogens is 278 g/mol. The summed E-state index contributed by atoms with van der Waals surface area (Å²) in [6.45, 7) is 2.31. The van der Waals surface area contributed by atoms with E-state index in [2.05, 4.69) is 0 Å². The van der Waals surface area contributed by atoms with E-state index >= 15 is 0 Å². The maximum Gasteiger partial charge on any atom is 0.264 e. The van der Waals surface area contributed by atoms with Gasteiger partial charge in [0.25, 0.3) is 5.91 Å². The predicted octanol–water partition coefficient (Wildman–Crippen LogP) is 2.99. The van der Waals surface area contributed by atoms with Crippen LogP contribution in [0.25, 0.3) is 0 Å². The smallest absolute Gasteiger partial charge is 0.264 e. The lowest BCUT2D eigenvalue weighted by Crippen LogP contribution is -2.40. The van der Waals surface area contributed by atoms with E-state index in [4.69, 9.17) is 4.74 Å². The Hall–Kier alpha value is -2.62. The van der Waals surface area contributed by atoms with Gasteiger partial charge in [0.05, 0.1) is 5.69 Å². The highest BCUT2D eigenvalue weighted by atomic mass is 16.5. The number of rotatable bonds is 3. The summed E-state index contributed by atoms with van der Waals surface area (Å²) in [5, 5.41) is 0. The van der Waals surface area contributed by atoms with Crippen LogP contribution in [-0.4, -0.2) is 24.8 Å². The van der Waals surface area contributed by atoms with E-state index in [1.807, 2.05) is 43.3 Å². The highest BCUT2D eigenvalue weighted by molar-refractivity contribution is 6.09. The molecule has 0 bridgehead atoms. The Balaban J connectivity index is 1.75. The van der Waals surface area contributed by atoms with Crippen molar-refractivity contribution in [2.45, 2.75) is 13.3 Å². The molecule has 1 heterocycles.